The average Bonchev–Trinajstić information content (AvgIpc) is 2.41. The summed E-state index contributed by atoms with van der Waals surface area (Å²) in [5, 5.41) is 10.3. The maximum Gasteiger partial charge on any atom is 0.416 e. The zero-order chi connectivity index (χ0) is 15.6. The van der Waals surface area contributed by atoms with Gasteiger partial charge in [0.15, 0.2) is 0 Å². The second kappa shape index (κ2) is 6.39. The van der Waals surface area contributed by atoms with Crippen LogP contribution in [-0.4, -0.2) is 11.2 Å². The molecular formula is C17H23F3O. The van der Waals surface area contributed by atoms with Gasteiger partial charge in [0.2, 0.25) is 0 Å². The summed E-state index contributed by atoms with van der Waals surface area (Å²) in [7, 11) is 0. The van der Waals surface area contributed by atoms with Crippen LogP contribution in [0, 0.1) is 17.8 Å². The summed E-state index contributed by atoms with van der Waals surface area (Å²) < 4.78 is 37.5. The topological polar surface area (TPSA) is 20.2 Å². The second-order valence-corrected chi connectivity index (χ2v) is 6.49. The summed E-state index contributed by atoms with van der Waals surface area (Å²) in [5.74, 6) is 1.56. The third kappa shape index (κ3) is 4.22. The highest BCUT2D eigenvalue weighted by Gasteiger charge is 2.31. The van der Waals surface area contributed by atoms with Gasteiger partial charge in [0.05, 0.1) is 11.7 Å². The minimum atomic E-state index is -4.30. The van der Waals surface area contributed by atoms with Crippen molar-refractivity contribution in [2.24, 2.45) is 17.8 Å². The van der Waals surface area contributed by atoms with E-state index in [9.17, 15) is 18.3 Å². The van der Waals surface area contributed by atoms with Crippen LogP contribution in [0.25, 0.3) is 0 Å². The molecule has 0 aromatic heterocycles. The molecule has 4 unspecified atom stereocenters. The largest absolute Gasteiger partial charge is 0.416 e. The highest BCUT2D eigenvalue weighted by Crippen LogP contribution is 2.36. The third-order valence-electron chi connectivity index (χ3n) is 4.91. The Hall–Kier alpha value is -1.03. The molecule has 0 amide bonds. The zero-order valence-electron chi connectivity index (χ0n) is 12.5. The number of aliphatic hydroxyl groups is 1. The molecule has 1 N–H and O–H groups in total. The Morgan fingerprint density at radius 1 is 1.10 bits per heavy atom. The first-order chi connectivity index (χ1) is 9.77. The van der Waals surface area contributed by atoms with E-state index in [0.29, 0.717) is 18.3 Å². The summed E-state index contributed by atoms with van der Waals surface area (Å²) in [6.45, 7) is 4.45. The SMILES string of the molecule is CC1CCC(C(O)Cc2ccc(C(F)(F)F)cc2)CC1C. The van der Waals surface area contributed by atoms with Crippen LogP contribution in [0.15, 0.2) is 24.3 Å². The Morgan fingerprint density at radius 2 is 1.71 bits per heavy atom. The molecule has 21 heavy (non-hydrogen) atoms. The van der Waals surface area contributed by atoms with Gasteiger partial charge in [0.25, 0.3) is 0 Å². The smallest absolute Gasteiger partial charge is 0.392 e. The predicted molar refractivity (Wildman–Crippen MR) is 76.8 cm³/mol. The number of halogens is 3. The van der Waals surface area contributed by atoms with E-state index in [2.05, 4.69) is 13.8 Å². The first-order valence-corrected chi connectivity index (χ1v) is 7.61. The number of hydrogen-bond acceptors (Lipinski definition) is 1. The maximum absolute atomic E-state index is 12.5. The van der Waals surface area contributed by atoms with E-state index in [1.54, 1.807) is 0 Å². The minimum Gasteiger partial charge on any atom is -0.392 e. The number of aliphatic hydroxyl groups excluding tert-OH is 1. The molecule has 1 nitrogen and oxygen atoms in total. The van der Waals surface area contributed by atoms with Crippen LogP contribution in [0.4, 0.5) is 13.2 Å². The summed E-state index contributed by atoms with van der Waals surface area (Å²) >= 11 is 0. The summed E-state index contributed by atoms with van der Waals surface area (Å²) in [6, 6.07) is 5.13. The van der Waals surface area contributed by atoms with Crippen molar-refractivity contribution in [1.29, 1.82) is 0 Å². The maximum atomic E-state index is 12.5. The average molecular weight is 300 g/mol. The van der Waals surface area contributed by atoms with E-state index in [1.807, 2.05) is 0 Å². The molecule has 1 saturated carbocycles. The fourth-order valence-electron chi connectivity index (χ4n) is 3.18. The highest BCUT2D eigenvalue weighted by atomic mass is 19.4. The van der Waals surface area contributed by atoms with Crippen molar-refractivity contribution >= 4 is 0 Å². The molecule has 0 aliphatic heterocycles. The molecule has 0 heterocycles. The molecule has 0 radical (unpaired) electrons. The van der Waals surface area contributed by atoms with E-state index in [-0.39, 0.29) is 5.92 Å². The third-order valence-corrected chi connectivity index (χ3v) is 4.91. The normalized spacial score (nSPS) is 28.4. The fraction of sp³-hybridized carbons (Fsp3) is 0.647. The van der Waals surface area contributed by atoms with E-state index >= 15 is 0 Å². The Morgan fingerprint density at radius 3 is 2.24 bits per heavy atom. The molecule has 1 fully saturated rings. The van der Waals surface area contributed by atoms with Crippen molar-refractivity contribution in [1.82, 2.24) is 0 Å². The highest BCUT2D eigenvalue weighted by molar-refractivity contribution is 5.25. The molecule has 1 aromatic rings. The van der Waals surface area contributed by atoms with Gasteiger partial charge in [-0.3, -0.25) is 0 Å². The number of benzene rings is 1. The summed E-state index contributed by atoms with van der Waals surface area (Å²) in [4.78, 5) is 0. The van der Waals surface area contributed by atoms with Crippen LogP contribution in [0.1, 0.15) is 44.2 Å². The molecule has 1 aliphatic rings. The van der Waals surface area contributed by atoms with E-state index in [0.717, 1.165) is 37.0 Å². The molecular weight excluding hydrogens is 277 g/mol. The van der Waals surface area contributed by atoms with Crippen LogP contribution < -0.4 is 0 Å². The lowest BCUT2D eigenvalue weighted by Gasteiger charge is -2.34. The lowest BCUT2D eigenvalue weighted by Crippen LogP contribution is -2.30. The van der Waals surface area contributed by atoms with Gasteiger partial charge >= 0.3 is 6.18 Å². The molecule has 1 aromatic carbocycles. The van der Waals surface area contributed by atoms with Crippen molar-refractivity contribution < 1.29 is 18.3 Å². The van der Waals surface area contributed by atoms with Gasteiger partial charge in [-0.1, -0.05) is 32.4 Å². The van der Waals surface area contributed by atoms with Crippen molar-refractivity contribution in [2.75, 3.05) is 0 Å². The van der Waals surface area contributed by atoms with Crippen molar-refractivity contribution in [2.45, 2.75) is 51.8 Å². The summed E-state index contributed by atoms with van der Waals surface area (Å²) in [5.41, 5.74) is 0.127. The Labute approximate surface area is 124 Å². The van der Waals surface area contributed by atoms with Crippen molar-refractivity contribution in [3.05, 3.63) is 35.4 Å². The van der Waals surface area contributed by atoms with Crippen LogP contribution in [0.5, 0.6) is 0 Å². The molecule has 1 aliphatic carbocycles. The van der Waals surface area contributed by atoms with Crippen molar-refractivity contribution in [3.63, 3.8) is 0 Å². The Balaban J connectivity index is 1.95. The lowest BCUT2D eigenvalue weighted by atomic mass is 9.73. The first kappa shape index (κ1) is 16.3. The molecule has 0 saturated heterocycles. The molecule has 0 spiro atoms. The van der Waals surface area contributed by atoms with Crippen LogP contribution in [0.3, 0.4) is 0 Å². The first-order valence-electron chi connectivity index (χ1n) is 7.61. The van der Waals surface area contributed by atoms with Crippen LogP contribution in [0.2, 0.25) is 0 Å². The van der Waals surface area contributed by atoms with Crippen molar-refractivity contribution in [3.8, 4) is 0 Å². The number of hydrogen-bond donors (Lipinski definition) is 1. The van der Waals surface area contributed by atoms with Gasteiger partial charge in [-0.2, -0.15) is 13.2 Å². The number of alkyl halides is 3. The van der Waals surface area contributed by atoms with Crippen LogP contribution in [-0.2, 0) is 12.6 Å². The molecule has 2 rings (SSSR count). The zero-order valence-corrected chi connectivity index (χ0v) is 12.5. The molecule has 4 heteroatoms. The van der Waals surface area contributed by atoms with Gasteiger partial charge in [0, 0.05) is 0 Å². The van der Waals surface area contributed by atoms with Gasteiger partial charge in [-0.05, 0) is 54.7 Å². The monoisotopic (exact) mass is 300 g/mol. The van der Waals surface area contributed by atoms with Crippen LogP contribution >= 0.6 is 0 Å². The Bertz CT molecular complexity index is 452. The lowest BCUT2D eigenvalue weighted by molar-refractivity contribution is -0.137. The number of rotatable bonds is 3. The molecule has 118 valence electrons. The van der Waals surface area contributed by atoms with Gasteiger partial charge in [-0.25, -0.2) is 0 Å². The molecule has 4 atom stereocenters. The Kier molecular flexibility index (Phi) is 4.97. The van der Waals surface area contributed by atoms with Gasteiger partial charge < -0.3 is 5.11 Å². The minimum absolute atomic E-state index is 0.262. The predicted octanol–water partition coefficient (Wildman–Crippen LogP) is 4.68. The van der Waals surface area contributed by atoms with Gasteiger partial charge in [0.1, 0.15) is 0 Å². The quantitative estimate of drug-likeness (QED) is 0.859. The fourth-order valence-corrected chi connectivity index (χ4v) is 3.18. The standard InChI is InChI=1S/C17H23F3O/c1-11-3-6-14(9-12(11)2)16(21)10-13-4-7-15(8-5-13)17(18,19)20/h4-5,7-8,11-12,14,16,21H,3,6,9-10H2,1-2H3. The van der Waals surface area contributed by atoms with E-state index in [1.165, 1.54) is 12.1 Å². The van der Waals surface area contributed by atoms with Gasteiger partial charge in [-0.15, -0.1) is 0 Å². The van der Waals surface area contributed by atoms with E-state index < -0.39 is 17.8 Å². The summed E-state index contributed by atoms with van der Waals surface area (Å²) in [6.07, 6.45) is -1.20. The molecule has 0 bridgehead atoms. The van der Waals surface area contributed by atoms with E-state index in [4.69, 9.17) is 0 Å². The second-order valence-electron chi connectivity index (χ2n) is 6.49.